The lowest BCUT2D eigenvalue weighted by Gasteiger charge is -2.33. The summed E-state index contributed by atoms with van der Waals surface area (Å²) in [5, 5.41) is 3.37. The lowest BCUT2D eigenvalue weighted by atomic mass is 10.1. The molecule has 1 saturated heterocycles. The van der Waals surface area contributed by atoms with Crippen LogP contribution in [0.25, 0.3) is 0 Å². The van der Waals surface area contributed by atoms with Crippen LogP contribution in [0, 0.1) is 0 Å². The third-order valence-corrected chi connectivity index (χ3v) is 3.62. The molecule has 1 aromatic carbocycles. The molecule has 0 aromatic heterocycles. The van der Waals surface area contributed by atoms with Crippen molar-refractivity contribution in [2.45, 2.75) is 6.42 Å². The molecule has 5 nitrogen and oxygen atoms in total. The van der Waals surface area contributed by atoms with Crippen LogP contribution in [0.2, 0.25) is 0 Å². The molecular formula is C14H21N3O2. The Labute approximate surface area is 113 Å². The first-order valence-corrected chi connectivity index (χ1v) is 6.97. The van der Waals surface area contributed by atoms with Crippen LogP contribution in [-0.4, -0.2) is 45.9 Å². The standard InChI is InChI=1S/C14H21N3O2/c15-4-3-11-1-2-12(17-7-5-16-6-8-17)14-13(11)18-9-10-19-14/h1-2,16H,3-10,15H2. The van der Waals surface area contributed by atoms with E-state index in [4.69, 9.17) is 15.2 Å². The number of rotatable bonds is 3. The van der Waals surface area contributed by atoms with Gasteiger partial charge in [-0.3, -0.25) is 0 Å². The Morgan fingerprint density at radius 3 is 2.58 bits per heavy atom. The number of fused-ring (bicyclic) bond motifs is 1. The second-order valence-corrected chi connectivity index (χ2v) is 4.87. The zero-order chi connectivity index (χ0) is 13.1. The highest BCUT2D eigenvalue weighted by molar-refractivity contribution is 5.68. The molecule has 0 bridgehead atoms. The van der Waals surface area contributed by atoms with Gasteiger partial charge in [0.1, 0.15) is 13.2 Å². The monoisotopic (exact) mass is 263 g/mol. The van der Waals surface area contributed by atoms with Gasteiger partial charge < -0.3 is 25.4 Å². The Balaban J connectivity index is 1.95. The molecule has 1 fully saturated rings. The molecule has 0 unspecified atom stereocenters. The number of nitrogens with one attached hydrogen (secondary N) is 1. The molecule has 0 atom stereocenters. The summed E-state index contributed by atoms with van der Waals surface area (Å²) in [6, 6.07) is 4.27. The van der Waals surface area contributed by atoms with Gasteiger partial charge in [0.25, 0.3) is 0 Å². The van der Waals surface area contributed by atoms with Crippen molar-refractivity contribution < 1.29 is 9.47 Å². The van der Waals surface area contributed by atoms with E-state index in [0.29, 0.717) is 19.8 Å². The average Bonchev–Trinajstić information content (AvgIpc) is 2.49. The van der Waals surface area contributed by atoms with E-state index in [1.54, 1.807) is 0 Å². The van der Waals surface area contributed by atoms with E-state index >= 15 is 0 Å². The molecule has 0 spiro atoms. The quantitative estimate of drug-likeness (QED) is 0.825. The minimum Gasteiger partial charge on any atom is -0.486 e. The van der Waals surface area contributed by atoms with Gasteiger partial charge in [-0.1, -0.05) is 6.07 Å². The molecule has 3 rings (SSSR count). The topological polar surface area (TPSA) is 59.8 Å². The molecule has 104 valence electrons. The van der Waals surface area contributed by atoms with Crippen LogP contribution in [0.4, 0.5) is 5.69 Å². The third kappa shape index (κ3) is 2.48. The van der Waals surface area contributed by atoms with Gasteiger partial charge in [-0.2, -0.15) is 0 Å². The Morgan fingerprint density at radius 2 is 1.84 bits per heavy atom. The highest BCUT2D eigenvalue weighted by Gasteiger charge is 2.23. The highest BCUT2D eigenvalue weighted by atomic mass is 16.6. The van der Waals surface area contributed by atoms with Gasteiger partial charge in [-0.15, -0.1) is 0 Å². The fourth-order valence-electron chi connectivity index (χ4n) is 2.69. The molecule has 2 aliphatic heterocycles. The lowest BCUT2D eigenvalue weighted by Crippen LogP contribution is -2.43. The highest BCUT2D eigenvalue weighted by Crippen LogP contribution is 2.42. The Hall–Kier alpha value is -1.46. The van der Waals surface area contributed by atoms with Gasteiger partial charge in [0.05, 0.1) is 5.69 Å². The smallest absolute Gasteiger partial charge is 0.184 e. The van der Waals surface area contributed by atoms with E-state index in [0.717, 1.165) is 55.3 Å². The number of ether oxygens (including phenoxy) is 2. The summed E-state index contributed by atoms with van der Waals surface area (Å²) in [5.74, 6) is 1.80. The van der Waals surface area contributed by atoms with Crippen molar-refractivity contribution in [1.29, 1.82) is 0 Å². The maximum atomic E-state index is 5.87. The third-order valence-electron chi connectivity index (χ3n) is 3.62. The predicted octanol–water partition coefficient (Wildman–Crippen LogP) is 0.369. The lowest BCUT2D eigenvalue weighted by molar-refractivity contribution is 0.170. The second-order valence-electron chi connectivity index (χ2n) is 4.87. The van der Waals surface area contributed by atoms with Crippen molar-refractivity contribution in [3.8, 4) is 11.5 Å². The molecule has 0 amide bonds. The van der Waals surface area contributed by atoms with E-state index < -0.39 is 0 Å². The summed E-state index contributed by atoms with van der Waals surface area (Å²) in [7, 11) is 0. The molecule has 19 heavy (non-hydrogen) atoms. The van der Waals surface area contributed by atoms with Gasteiger partial charge in [-0.25, -0.2) is 0 Å². The van der Waals surface area contributed by atoms with Gasteiger partial charge in [0, 0.05) is 26.2 Å². The van der Waals surface area contributed by atoms with Crippen LogP contribution in [0.3, 0.4) is 0 Å². The maximum absolute atomic E-state index is 5.87. The predicted molar refractivity (Wildman–Crippen MR) is 75.3 cm³/mol. The average molecular weight is 263 g/mol. The first-order valence-electron chi connectivity index (χ1n) is 6.97. The number of nitrogens with two attached hydrogens (primary N) is 1. The van der Waals surface area contributed by atoms with Gasteiger partial charge in [-0.05, 0) is 24.6 Å². The van der Waals surface area contributed by atoms with Crippen LogP contribution >= 0.6 is 0 Å². The van der Waals surface area contributed by atoms with Crippen LogP contribution < -0.4 is 25.4 Å². The van der Waals surface area contributed by atoms with Gasteiger partial charge in [0.2, 0.25) is 0 Å². The normalized spacial score (nSPS) is 18.5. The fraction of sp³-hybridized carbons (Fsp3) is 0.571. The number of piperazine rings is 1. The van der Waals surface area contributed by atoms with E-state index in [9.17, 15) is 0 Å². The fourth-order valence-corrected chi connectivity index (χ4v) is 2.69. The Kier molecular flexibility index (Phi) is 3.75. The minimum atomic E-state index is 0.621. The van der Waals surface area contributed by atoms with Gasteiger partial charge in [0.15, 0.2) is 11.5 Å². The summed E-state index contributed by atoms with van der Waals surface area (Å²) < 4.78 is 11.7. The van der Waals surface area contributed by atoms with Crippen LogP contribution in [0.1, 0.15) is 5.56 Å². The van der Waals surface area contributed by atoms with Crippen molar-refractivity contribution in [2.24, 2.45) is 5.73 Å². The second kappa shape index (κ2) is 5.67. The number of anilines is 1. The van der Waals surface area contributed by atoms with Gasteiger partial charge >= 0.3 is 0 Å². The van der Waals surface area contributed by atoms with E-state index in [2.05, 4.69) is 22.3 Å². The summed E-state index contributed by atoms with van der Waals surface area (Å²) in [6.07, 6.45) is 0.827. The zero-order valence-corrected chi connectivity index (χ0v) is 11.2. The molecule has 0 aliphatic carbocycles. The largest absolute Gasteiger partial charge is 0.486 e. The van der Waals surface area contributed by atoms with Crippen LogP contribution in [-0.2, 0) is 6.42 Å². The SMILES string of the molecule is NCCc1ccc(N2CCNCC2)c2c1OCCO2. The van der Waals surface area contributed by atoms with Crippen molar-refractivity contribution >= 4 is 5.69 Å². The minimum absolute atomic E-state index is 0.621. The first-order chi connectivity index (χ1) is 9.40. The van der Waals surface area contributed by atoms with Crippen LogP contribution in [0.5, 0.6) is 11.5 Å². The van der Waals surface area contributed by atoms with Crippen molar-refractivity contribution in [1.82, 2.24) is 5.32 Å². The summed E-state index contributed by atoms with van der Waals surface area (Å²) >= 11 is 0. The number of benzene rings is 1. The van der Waals surface area contributed by atoms with E-state index in [1.165, 1.54) is 0 Å². The summed E-state index contributed by atoms with van der Waals surface area (Å²) in [5.41, 5.74) is 7.96. The van der Waals surface area contributed by atoms with E-state index in [1.807, 2.05) is 0 Å². The number of nitrogens with zero attached hydrogens (tertiary/aromatic N) is 1. The Morgan fingerprint density at radius 1 is 1.11 bits per heavy atom. The number of hydrogen-bond donors (Lipinski definition) is 2. The van der Waals surface area contributed by atoms with E-state index in [-0.39, 0.29) is 0 Å². The molecule has 0 radical (unpaired) electrons. The molecule has 5 heteroatoms. The molecule has 2 heterocycles. The van der Waals surface area contributed by atoms with Crippen molar-refractivity contribution in [3.63, 3.8) is 0 Å². The number of hydrogen-bond acceptors (Lipinski definition) is 5. The summed E-state index contributed by atoms with van der Waals surface area (Å²) in [4.78, 5) is 2.36. The molecule has 0 saturated carbocycles. The van der Waals surface area contributed by atoms with Crippen LogP contribution in [0.15, 0.2) is 12.1 Å². The molecule has 1 aromatic rings. The molecule has 2 aliphatic rings. The molecular weight excluding hydrogens is 242 g/mol. The summed E-state index contributed by atoms with van der Waals surface area (Å²) in [6.45, 7) is 5.91. The Bertz CT molecular complexity index is 445. The first kappa shape index (κ1) is 12.6. The van der Waals surface area contributed by atoms with Crippen molar-refractivity contribution in [2.75, 3.05) is 50.8 Å². The zero-order valence-electron chi connectivity index (χ0n) is 11.2. The molecule has 3 N–H and O–H groups in total. The van der Waals surface area contributed by atoms with Crippen molar-refractivity contribution in [3.05, 3.63) is 17.7 Å². The maximum Gasteiger partial charge on any atom is 0.184 e.